The molecule has 0 rings (SSSR count). The molecule has 0 radical (unpaired) electrons. The second-order valence-corrected chi connectivity index (χ2v) is 3.24. The molecule has 3 nitrogen and oxygen atoms in total. The normalized spacial score (nSPS) is 13.1. The van der Waals surface area contributed by atoms with Crippen molar-refractivity contribution in [3.05, 3.63) is 0 Å². The highest BCUT2D eigenvalue weighted by Crippen LogP contribution is 2.07. The van der Waals surface area contributed by atoms with Crippen LogP contribution in [-0.4, -0.2) is 23.8 Å². The fourth-order valence-corrected chi connectivity index (χ4v) is 0.848. The zero-order valence-corrected chi connectivity index (χ0v) is 8.04. The summed E-state index contributed by atoms with van der Waals surface area (Å²) in [5.41, 5.74) is 0. The van der Waals surface area contributed by atoms with Gasteiger partial charge < -0.3 is 9.84 Å². The number of ether oxygens (including phenoxy) is 1. The minimum atomic E-state index is -0.938. The van der Waals surface area contributed by atoms with Crippen LogP contribution < -0.4 is 0 Å². The molecule has 12 heavy (non-hydrogen) atoms. The quantitative estimate of drug-likeness (QED) is 0.640. The molecule has 0 heterocycles. The SMILES string of the molecule is CCOC(=O)[C@H](O)CCC(C)C. The van der Waals surface area contributed by atoms with Gasteiger partial charge in [-0.15, -0.1) is 0 Å². The van der Waals surface area contributed by atoms with E-state index in [1.807, 2.05) is 0 Å². The standard InChI is InChI=1S/C9H18O3/c1-4-12-9(11)8(10)6-5-7(2)3/h7-8,10H,4-6H2,1-3H3/t8-/m1/s1. The van der Waals surface area contributed by atoms with E-state index < -0.39 is 12.1 Å². The van der Waals surface area contributed by atoms with Crippen LogP contribution in [0.4, 0.5) is 0 Å². The molecule has 0 aliphatic heterocycles. The van der Waals surface area contributed by atoms with Gasteiger partial charge in [0.1, 0.15) is 0 Å². The third-order valence-corrected chi connectivity index (χ3v) is 1.58. The summed E-state index contributed by atoms with van der Waals surface area (Å²) in [5, 5.41) is 9.22. The number of esters is 1. The first-order valence-corrected chi connectivity index (χ1v) is 4.42. The van der Waals surface area contributed by atoms with E-state index in [0.717, 1.165) is 6.42 Å². The Morgan fingerprint density at radius 1 is 1.42 bits per heavy atom. The largest absolute Gasteiger partial charge is 0.464 e. The molecule has 0 bridgehead atoms. The smallest absolute Gasteiger partial charge is 0.334 e. The number of hydrogen-bond acceptors (Lipinski definition) is 3. The van der Waals surface area contributed by atoms with Crippen molar-refractivity contribution in [1.29, 1.82) is 0 Å². The summed E-state index contributed by atoms with van der Waals surface area (Å²) in [5.74, 6) is 0.00669. The number of carbonyl (C=O) groups excluding carboxylic acids is 1. The zero-order valence-electron chi connectivity index (χ0n) is 8.04. The van der Waals surface area contributed by atoms with E-state index in [1.54, 1.807) is 6.92 Å². The van der Waals surface area contributed by atoms with Crippen molar-refractivity contribution in [2.75, 3.05) is 6.61 Å². The topological polar surface area (TPSA) is 46.5 Å². The first-order valence-electron chi connectivity index (χ1n) is 4.42. The summed E-state index contributed by atoms with van der Waals surface area (Å²) in [7, 11) is 0. The number of aliphatic hydroxyl groups is 1. The minimum Gasteiger partial charge on any atom is -0.464 e. The summed E-state index contributed by atoms with van der Waals surface area (Å²) in [6, 6.07) is 0. The van der Waals surface area contributed by atoms with E-state index in [-0.39, 0.29) is 0 Å². The van der Waals surface area contributed by atoms with Gasteiger partial charge >= 0.3 is 5.97 Å². The Balaban J connectivity index is 3.56. The van der Waals surface area contributed by atoms with Crippen molar-refractivity contribution in [3.63, 3.8) is 0 Å². The highest BCUT2D eigenvalue weighted by molar-refractivity contribution is 5.74. The molecule has 0 fully saturated rings. The van der Waals surface area contributed by atoms with Crippen molar-refractivity contribution < 1.29 is 14.6 Å². The second-order valence-electron chi connectivity index (χ2n) is 3.24. The van der Waals surface area contributed by atoms with Crippen LogP contribution >= 0.6 is 0 Å². The van der Waals surface area contributed by atoms with E-state index in [2.05, 4.69) is 18.6 Å². The van der Waals surface area contributed by atoms with Crippen LogP contribution in [0.5, 0.6) is 0 Å². The lowest BCUT2D eigenvalue weighted by molar-refractivity contribution is -0.153. The first kappa shape index (κ1) is 11.4. The zero-order chi connectivity index (χ0) is 9.56. The Kier molecular flexibility index (Phi) is 5.72. The van der Waals surface area contributed by atoms with E-state index >= 15 is 0 Å². The molecule has 0 saturated heterocycles. The lowest BCUT2D eigenvalue weighted by Gasteiger charge is -2.10. The second kappa shape index (κ2) is 6.00. The van der Waals surface area contributed by atoms with Crippen molar-refractivity contribution in [1.82, 2.24) is 0 Å². The molecule has 0 aliphatic rings. The molecule has 0 aliphatic carbocycles. The maximum Gasteiger partial charge on any atom is 0.334 e. The fraction of sp³-hybridized carbons (Fsp3) is 0.889. The summed E-state index contributed by atoms with van der Waals surface area (Å²) in [4.78, 5) is 10.9. The lowest BCUT2D eigenvalue weighted by Crippen LogP contribution is -2.23. The van der Waals surface area contributed by atoms with E-state index in [1.165, 1.54) is 0 Å². The van der Waals surface area contributed by atoms with Crippen molar-refractivity contribution >= 4 is 5.97 Å². The van der Waals surface area contributed by atoms with Crippen LogP contribution in [-0.2, 0) is 9.53 Å². The number of rotatable bonds is 5. The van der Waals surface area contributed by atoms with E-state index in [9.17, 15) is 9.90 Å². The molecule has 72 valence electrons. The van der Waals surface area contributed by atoms with Gasteiger partial charge in [0, 0.05) is 0 Å². The van der Waals surface area contributed by atoms with Crippen LogP contribution in [0.15, 0.2) is 0 Å². The molecule has 0 amide bonds. The number of hydrogen-bond donors (Lipinski definition) is 1. The predicted octanol–water partition coefficient (Wildman–Crippen LogP) is 1.35. The Hall–Kier alpha value is -0.570. The van der Waals surface area contributed by atoms with Crippen molar-refractivity contribution in [3.8, 4) is 0 Å². The summed E-state index contributed by atoms with van der Waals surface area (Å²) in [6.45, 7) is 6.17. The third kappa shape index (κ3) is 5.13. The average molecular weight is 174 g/mol. The predicted molar refractivity (Wildman–Crippen MR) is 46.7 cm³/mol. The molecular weight excluding hydrogens is 156 g/mol. The Bertz CT molecular complexity index is 132. The van der Waals surface area contributed by atoms with Gasteiger partial charge in [-0.1, -0.05) is 13.8 Å². The van der Waals surface area contributed by atoms with Gasteiger partial charge in [0.2, 0.25) is 0 Å². The molecule has 0 unspecified atom stereocenters. The highest BCUT2D eigenvalue weighted by Gasteiger charge is 2.15. The van der Waals surface area contributed by atoms with Crippen LogP contribution in [0.2, 0.25) is 0 Å². The van der Waals surface area contributed by atoms with Gasteiger partial charge in [-0.05, 0) is 25.7 Å². The lowest BCUT2D eigenvalue weighted by atomic mass is 10.1. The van der Waals surface area contributed by atoms with Crippen LogP contribution in [0.3, 0.4) is 0 Å². The summed E-state index contributed by atoms with van der Waals surface area (Å²) >= 11 is 0. The average Bonchev–Trinajstić information content (AvgIpc) is 2.00. The molecule has 1 atom stereocenters. The van der Waals surface area contributed by atoms with Crippen LogP contribution in [0.25, 0.3) is 0 Å². The fourth-order valence-electron chi connectivity index (χ4n) is 0.848. The van der Waals surface area contributed by atoms with Gasteiger partial charge in [-0.3, -0.25) is 0 Å². The molecule has 0 saturated carbocycles. The Labute approximate surface area is 73.7 Å². The van der Waals surface area contributed by atoms with E-state index in [4.69, 9.17) is 0 Å². The van der Waals surface area contributed by atoms with Crippen molar-refractivity contribution in [2.24, 2.45) is 5.92 Å². The van der Waals surface area contributed by atoms with Crippen molar-refractivity contribution in [2.45, 2.75) is 39.7 Å². The molecular formula is C9H18O3. The summed E-state index contributed by atoms with van der Waals surface area (Å²) < 4.78 is 4.65. The number of carbonyl (C=O) groups is 1. The number of aliphatic hydroxyl groups excluding tert-OH is 1. The molecule has 0 aromatic carbocycles. The molecule has 0 aromatic rings. The van der Waals surface area contributed by atoms with Crippen LogP contribution in [0.1, 0.15) is 33.6 Å². The van der Waals surface area contributed by atoms with E-state index in [0.29, 0.717) is 18.9 Å². The Morgan fingerprint density at radius 2 is 2.00 bits per heavy atom. The van der Waals surface area contributed by atoms with Gasteiger partial charge in [0.15, 0.2) is 6.10 Å². The van der Waals surface area contributed by atoms with Gasteiger partial charge in [0.05, 0.1) is 6.61 Å². The third-order valence-electron chi connectivity index (χ3n) is 1.58. The molecule has 0 spiro atoms. The highest BCUT2D eigenvalue weighted by atomic mass is 16.5. The van der Waals surface area contributed by atoms with Gasteiger partial charge in [-0.25, -0.2) is 4.79 Å². The monoisotopic (exact) mass is 174 g/mol. The van der Waals surface area contributed by atoms with Crippen LogP contribution in [0, 0.1) is 5.92 Å². The maximum absolute atomic E-state index is 10.9. The summed E-state index contributed by atoms with van der Waals surface area (Å²) in [6.07, 6.45) is 0.406. The maximum atomic E-state index is 10.9. The first-order chi connectivity index (χ1) is 5.57. The Morgan fingerprint density at radius 3 is 2.42 bits per heavy atom. The minimum absolute atomic E-state index is 0.331. The molecule has 3 heteroatoms. The van der Waals surface area contributed by atoms with Gasteiger partial charge in [0.25, 0.3) is 0 Å². The van der Waals surface area contributed by atoms with Gasteiger partial charge in [-0.2, -0.15) is 0 Å². The molecule has 0 aromatic heterocycles. The molecule has 1 N–H and O–H groups in total.